The second kappa shape index (κ2) is 5.46. The summed E-state index contributed by atoms with van der Waals surface area (Å²) >= 11 is 0. The summed E-state index contributed by atoms with van der Waals surface area (Å²) in [5, 5.41) is 7.20. The second-order valence-corrected chi connectivity index (χ2v) is 5.43. The Labute approximate surface area is 118 Å². The Morgan fingerprint density at radius 2 is 2.00 bits per heavy atom. The van der Waals surface area contributed by atoms with Gasteiger partial charge >= 0.3 is 0 Å². The zero-order valence-corrected chi connectivity index (χ0v) is 12.1. The zero-order valence-electron chi connectivity index (χ0n) is 12.1. The molecular weight excluding hydrogens is 252 g/mol. The third-order valence-electron chi connectivity index (χ3n) is 3.22. The number of carbonyl (C=O) groups is 1. The normalized spacial score (nSPS) is 11.4. The predicted molar refractivity (Wildman–Crippen MR) is 78.9 cm³/mol. The van der Waals surface area contributed by atoms with Crippen LogP contribution in [0.2, 0.25) is 0 Å². The van der Waals surface area contributed by atoms with E-state index >= 15 is 0 Å². The van der Waals surface area contributed by atoms with E-state index in [4.69, 9.17) is 5.73 Å². The van der Waals surface area contributed by atoms with Crippen molar-refractivity contribution >= 4 is 5.91 Å². The fourth-order valence-corrected chi connectivity index (χ4v) is 1.89. The Kier molecular flexibility index (Phi) is 3.90. The Morgan fingerprint density at radius 3 is 2.60 bits per heavy atom. The third-order valence-corrected chi connectivity index (χ3v) is 3.22. The maximum Gasteiger partial charge on any atom is 0.255 e. The van der Waals surface area contributed by atoms with Gasteiger partial charge in [0, 0.05) is 12.1 Å². The molecule has 0 fully saturated rings. The van der Waals surface area contributed by atoms with Crippen LogP contribution in [0.1, 0.15) is 29.9 Å². The fraction of sp³-hybridized carbons (Fsp3) is 0.333. The topological polar surface area (TPSA) is 72.9 Å². The monoisotopic (exact) mass is 272 g/mol. The number of hydrogen-bond donors (Lipinski definition) is 2. The van der Waals surface area contributed by atoms with E-state index < -0.39 is 5.54 Å². The molecule has 2 rings (SSSR count). The van der Waals surface area contributed by atoms with Gasteiger partial charge in [-0.1, -0.05) is 18.2 Å². The van der Waals surface area contributed by atoms with E-state index in [1.54, 1.807) is 10.9 Å². The Morgan fingerprint density at radius 1 is 1.35 bits per heavy atom. The summed E-state index contributed by atoms with van der Waals surface area (Å²) in [6, 6.07) is 9.72. The standard InChI is InChI=1S/C15H20N4O/c1-11-13(14(20)18-15(2,3)10-16)9-17-19(11)12-7-5-4-6-8-12/h4-9H,10,16H2,1-3H3,(H,18,20). The van der Waals surface area contributed by atoms with Crippen molar-refractivity contribution in [3.8, 4) is 5.69 Å². The van der Waals surface area contributed by atoms with E-state index in [0.29, 0.717) is 12.1 Å². The molecule has 0 saturated heterocycles. The fourth-order valence-electron chi connectivity index (χ4n) is 1.89. The van der Waals surface area contributed by atoms with Crippen LogP contribution in [-0.2, 0) is 0 Å². The van der Waals surface area contributed by atoms with Gasteiger partial charge in [-0.25, -0.2) is 4.68 Å². The third kappa shape index (κ3) is 2.88. The quantitative estimate of drug-likeness (QED) is 0.888. The van der Waals surface area contributed by atoms with Crippen molar-refractivity contribution in [3.63, 3.8) is 0 Å². The Hall–Kier alpha value is -2.14. The summed E-state index contributed by atoms with van der Waals surface area (Å²) < 4.78 is 1.75. The van der Waals surface area contributed by atoms with Crippen molar-refractivity contribution in [2.45, 2.75) is 26.3 Å². The van der Waals surface area contributed by atoms with Crippen molar-refractivity contribution < 1.29 is 4.79 Å². The number of aromatic nitrogens is 2. The summed E-state index contributed by atoms with van der Waals surface area (Å²) in [7, 11) is 0. The number of amides is 1. The van der Waals surface area contributed by atoms with Crippen LogP contribution < -0.4 is 11.1 Å². The minimum atomic E-state index is -0.432. The van der Waals surface area contributed by atoms with E-state index in [2.05, 4.69) is 10.4 Å². The van der Waals surface area contributed by atoms with Gasteiger partial charge in [-0.2, -0.15) is 5.10 Å². The number of nitrogens with one attached hydrogen (secondary N) is 1. The number of nitrogens with zero attached hydrogens (tertiary/aromatic N) is 2. The molecule has 5 nitrogen and oxygen atoms in total. The van der Waals surface area contributed by atoms with Crippen LogP contribution in [0.15, 0.2) is 36.5 Å². The van der Waals surface area contributed by atoms with Crippen LogP contribution in [-0.4, -0.2) is 27.8 Å². The van der Waals surface area contributed by atoms with Gasteiger partial charge in [-0.15, -0.1) is 0 Å². The lowest BCUT2D eigenvalue weighted by Gasteiger charge is -2.24. The lowest BCUT2D eigenvalue weighted by molar-refractivity contribution is 0.0915. The highest BCUT2D eigenvalue weighted by atomic mass is 16.1. The molecule has 0 saturated carbocycles. The summed E-state index contributed by atoms with van der Waals surface area (Å²) in [5.41, 5.74) is 7.50. The van der Waals surface area contributed by atoms with Gasteiger partial charge in [0.05, 0.1) is 23.1 Å². The smallest absolute Gasteiger partial charge is 0.255 e. The molecule has 0 spiro atoms. The molecule has 0 unspecified atom stereocenters. The van der Waals surface area contributed by atoms with Crippen LogP contribution in [0.5, 0.6) is 0 Å². The molecular formula is C15H20N4O. The average molecular weight is 272 g/mol. The largest absolute Gasteiger partial charge is 0.346 e. The number of para-hydroxylation sites is 1. The van der Waals surface area contributed by atoms with Crippen LogP contribution in [0.25, 0.3) is 5.69 Å². The molecule has 1 aromatic carbocycles. The number of nitrogens with two attached hydrogens (primary N) is 1. The molecule has 0 atom stereocenters. The number of rotatable bonds is 4. The summed E-state index contributed by atoms with van der Waals surface area (Å²) in [6.45, 7) is 6.04. The second-order valence-electron chi connectivity index (χ2n) is 5.43. The Balaban J connectivity index is 2.28. The molecule has 20 heavy (non-hydrogen) atoms. The molecule has 3 N–H and O–H groups in total. The molecule has 1 heterocycles. The first-order valence-electron chi connectivity index (χ1n) is 6.57. The highest BCUT2D eigenvalue weighted by molar-refractivity contribution is 5.95. The Bertz CT molecular complexity index is 602. The van der Waals surface area contributed by atoms with Crippen molar-refractivity contribution in [2.75, 3.05) is 6.54 Å². The average Bonchev–Trinajstić information content (AvgIpc) is 2.81. The van der Waals surface area contributed by atoms with Gasteiger partial charge in [0.15, 0.2) is 0 Å². The van der Waals surface area contributed by atoms with Crippen LogP contribution in [0.4, 0.5) is 0 Å². The van der Waals surface area contributed by atoms with Crippen LogP contribution in [0.3, 0.4) is 0 Å². The highest BCUT2D eigenvalue weighted by Gasteiger charge is 2.22. The molecule has 106 valence electrons. The summed E-state index contributed by atoms with van der Waals surface area (Å²) in [5.74, 6) is -0.153. The van der Waals surface area contributed by atoms with Gasteiger partial charge in [-0.05, 0) is 32.9 Å². The molecule has 5 heteroatoms. The van der Waals surface area contributed by atoms with Crippen LogP contribution in [0, 0.1) is 6.92 Å². The van der Waals surface area contributed by atoms with Gasteiger partial charge < -0.3 is 11.1 Å². The minimum Gasteiger partial charge on any atom is -0.346 e. The van der Waals surface area contributed by atoms with Gasteiger partial charge in [-0.3, -0.25) is 4.79 Å². The highest BCUT2D eigenvalue weighted by Crippen LogP contribution is 2.14. The van der Waals surface area contributed by atoms with E-state index in [0.717, 1.165) is 11.4 Å². The molecule has 1 aromatic heterocycles. The first-order chi connectivity index (χ1) is 9.44. The van der Waals surface area contributed by atoms with E-state index in [1.807, 2.05) is 51.1 Å². The van der Waals surface area contributed by atoms with Gasteiger partial charge in [0.1, 0.15) is 0 Å². The molecule has 0 bridgehead atoms. The molecule has 1 amide bonds. The van der Waals surface area contributed by atoms with E-state index in [9.17, 15) is 4.79 Å². The first-order valence-corrected chi connectivity index (χ1v) is 6.57. The molecule has 0 radical (unpaired) electrons. The minimum absolute atomic E-state index is 0.153. The maximum absolute atomic E-state index is 12.3. The van der Waals surface area contributed by atoms with E-state index in [-0.39, 0.29) is 5.91 Å². The van der Waals surface area contributed by atoms with Crippen molar-refractivity contribution in [3.05, 3.63) is 47.8 Å². The summed E-state index contributed by atoms with van der Waals surface area (Å²) in [4.78, 5) is 12.3. The van der Waals surface area contributed by atoms with Gasteiger partial charge in [0.2, 0.25) is 0 Å². The molecule has 0 aliphatic carbocycles. The lowest BCUT2D eigenvalue weighted by Crippen LogP contribution is -2.48. The van der Waals surface area contributed by atoms with Crippen molar-refractivity contribution in [1.82, 2.24) is 15.1 Å². The van der Waals surface area contributed by atoms with Crippen molar-refractivity contribution in [2.24, 2.45) is 5.73 Å². The number of carbonyl (C=O) groups excluding carboxylic acids is 1. The summed E-state index contributed by atoms with van der Waals surface area (Å²) in [6.07, 6.45) is 1.59. The maximum atomic E-state index is 12.3. The molecule has 0 aliphatic rings. The van der Waals surface area contributed by atoms with Crippen LogP contribution >= 0.6 is 0 Å². The van der Waals surface area contributed by atoms with E-state index in [1.165, 1.54) is 0 Å². The first kappa shape index (κ1) is 14.3. The molecule has 0 aliphatic heterocycles. The number of benzene rings is 1. The predicted octanol–water partition coefficient (Wildman–Crippen LogP) is 1.65. The lowest BCUT2D eigenvalue weighted by atomic mass is 10.1. The van der Waals surface area contributed by atoms with Crippen molar-refractivity contribution in [1.29, 1.82) is 0 Å². The van der Waals surface area contributed by atoms with Gasteiger partial charge in [0.25, 0.3) is 5.91 Å². The molecule has 2 aromatic rings. The number of hydrogen-bond acceptors (Lipinski definition) is 3. The zero-order chi connectivity index (χ0) is 14.8. The SMILES string of the molecule is Cc1c(C(=O)NC(C)(C)CN)cnn1-c1ccccc1.